The Morgan fingerprint density at radius 1 is 1.50 bits per heavy atom. The maximum absolute atomic E-state index is 10.8. The summed E-state index contributed by atoms with van der Waals surface area (Å²) in [6.45, 7) is 4.16. The van der Waals surface area contributed by atoms with Crippen LogP contribution in [-0.4, -0.2) is 31.6 Å². The van der Waals surface area contributed by atoms with Crippen molar-refractivity contribution in [2.75, 3.05) is 5.75 Å². The minimum absolute atomic E-state index is 0.00270. The largest absolute Gasteiger partial charge is 0.481 e. The van der Waals surface area contributed by atoms with Gasteiger partial charge in [-0.15, -0.1) is 21.5 Å². The van der Waals surface area contributed by atoms with E-state index in [1.807, 2.05) is 13.0 Å². The highest BCUT2D eigenvalue weighted by Crippen LogP contribution is 2.31. The van der Waals surface area contributed by atoms with Crippen LogP contribution in [-0.2, 0) is 11.2 Å². The number of carboxylic acids is 1. The van der Waals surface area contributed by atoms with Crippen LogP contribution in [0.15, 0.2) is 22.7 Å². The number of aromatic nitrogens is 3. The maximum atomic E-state index is 10.8. The van der Waals surface area contributed by atoms with Gasteiger partial charge < -0.3 is 5.11 Å². The Hall–Kier alpha value is -1.34. The summed E-state index contributed by atoms with van der Waals surface area (Å²) in [5.41, 5.74) is 0. The lowest BCUT2D eigenvalue weighted by atomic mass is 10.2. The van der Waals surface area contributed by atoms with Crippen LogP contribution in [0.25, 0.3) is 0 Å². The first-order chi connectivity index (χ1) is 9.67. The molecule has 0 spiro atoms. The lowest BCUT2D eigenvalue weighted by Gasteiger charge is -2.19. The third-order valence-corrected chi connectivity index (χ3v) is 4.85. The number of thiophene rings is 1. The van der Waals surface area contributed by atoms with Crippen LogP contribution in [0.1, 0.15) is 37.0 Å². The second-order valence-corrected chi connectivity index (χ2v) is 6.17. The van der Waals surface area contributed by atoms with Crippen molar-refractivity contribution in [3.63, 3.8) is 0 Å². The fraction of sp³-hybridized carbons (Fsp3) is 0.462. The number of nitrogens with zero attached hydrogens (tertiary/aromatic N) is 3. The van der Waals surface area contributed by atoms with E-state index in [-0.39, 0.29) is 11.8 Å². The second-order valence-electron chi connectivity index (χ2n) is 4.24. The second kappa shape index (κ2) is 6.90. The van der Waals surface area contributed by atoms with E-state index in [0.29, 0.717) is 5.16 Å². The van der Waals surface area contributed by atoms with E-state index in [4.69, 9.17) is 5.11 Å². The van der Waals surface area contributed by atoms with Gasteiger partial charge in [0.1, 0.15) is 5.82 Å². The lowest BCUT2D eigenvalue weighted by molar-refractivity contribution is -0.133. The zero-order valence-corrected chi connectivity index (χ0v) is 13.1. The van der Waals surface area contributed by atoms with E-state index in [1.165, 1.54) is 16.6 Å². The standard InChI is InChI=1S/C13H17N3O2S2/c1-3-9(10-6-5-7-19-10)16-11(4-2)14-15-13(16)20-8-12(17)18/h5-7,9H,3-4,8H2,1-2H3,(H,17,18). The van der Waals surface area contributed by atoms with E-state index in [1.54, 1.807) is 11.3 Å². The van der Waals surface area contributed by atoms with Crippen LogP contribution in [0.2, 0.25) is 0 Å². The molecule has 0 radical (unpaired) electrons. The molecule has 1 N–H and O–H groups in total. The molecule has 2 rings (SSSR count). The average Bonchev–Trinajstić information content (AvgIpc) is 3.07. The lowest BCUT2D eigenvalue weighted by Crippen LogP contribution is -2.13. The Kier molecular flexibility index (Phi) is 5.19. The molecule has 2 aromatic rings. The van der Waals surface area contributed by atoms with Gasteiger partial charge in [-0.1, -0.05) is 31.7 Å². The number of aliphatic carboxylic acids is 1. The summed E-state index contributed by atoms with van der Waals surface area (Å²) in [6, 6.07) is 4.31. The van der Waals surface area contributed by atoms with Crippen molar-refractivity contribution in [2.24, 2.45) is 0 Å². The van der Waals surface area contributed by atoms with Crippen LogP contribution < -0.4 is 0 Å². The molecule has 7 heteroatoms. The molecular weight excluding hydrogens is 294 g/mol. The first-order valence-corrected chi connectivity index (χ1v) is 8.35. The van der Waals surface area contributed by atoms with Crippen molar-refractivity contribution in [2.45, 2.75) is 37.9 Å². The predicted molar refractivity (Wildman–Crippen MR) is 80.5 cm³/mol. The van der Waals surface area contributed by atoms with Gasteiger partial charge in [0.15, 0.2) is 5.16 Å². The first-order valence-electron chi connectivity index (χ1n) is 6.49. The SMILES string of the molecule is CCc1nnc(SCC(=O)O)n1C(CC)c1cccs1. The van der Waals surface area contributed by atoms with Gasteiger partial charge in [-0.25, -0.2) is 0 Å². The Morgan fingerprint density at radius 3 is 2.85 bits per heavy atom. The monoisotopic (exact) mass is 311 g/mol. The molecule has 5 nitrogen and oxygen atoms in total. The number of hydrogen-bond acceptors (Lipinski definition) is 5. The summed E-state index contributed by atoms with van der Waals surface area (Å²) in [5.74, 6) is 0.0628. The van der Waals surface area contributed by atoms with Crippen molar-refractivity contribution in [1.82, 2.24) is 14.8 Å². The predicted octanol–water partition coefficient (Wildman–Crippen LogP) is 3.08. The molecule has 1 atom stereocenters. The molecule has 108 valence electrons. The minimum Gasteiger partial charge on any atom is -0.481 e. The number of thioether (sulfide) groups is 1. The van der Waals surface area contributed by atoms with E-state index in [2.05, 4.69) is 33.1 Å². The molecule has 0 aromatic carbocycles. The summed E-state index contributed by atoms with van der Waals surface area (Å²) < 4.78 is 2.08. The molecule has 1 unspecified atom stereocenters. The maximum Gasteiger partial charge on any atom is 0.313 e. The van der Waals surface area contributed by atoms with Gasteiger partial charge in [-0.05, 0) is 17.9 Å². The molecule has 0 aliphatic carbocycles. The Morgan fingerprint density at radius 2 is 2.30 bits per heavy atom. The topological polar surface area (TPSA) is 68.0 Å². The van der Waals surface area contributed by atoms with Crippen LogP contribution in [0.5, 0.6) is 0 Å². The Balaban J connectivity index is 2.36. The van der Waals surface area contributed by atoms with Crippen molar-refractivity contribution in [3.05, 3.63) is 28.2 Å². The molecule has 2 heterocycles. The molecule has 0 fully saturated rings. The van der Waals surface area contributed by atoms with E-state index >= 15 is 0 Å². The Labute approximate surface area is 126 Å². The molecule has 0 amide bonds. The average molecular weight is 311 g/mol. The van der Waals surface area contributed by atoms with Gasteiger partial charge in [0.25, 0.3) is 0 Å². The number of rotatable bonds is 7. The van der Waals surface area contributed by atoms with Gasteiger partial charge in [0, 0.05) is 11.3 Å². The minimum atomic E-state index is -0.841. The summed E-state index contributed by atoms with van der Waals surface area (Å²) in [5, 5.41) is 19.9. The fourth-order valence-corrected chi connectivity index (χ4v) is 3.70. The van der Waals surface area contributed by atoms with Crippen LogP contribution >= 0.6 is 23.1 Å². The van der Waals surface area contributed by atoms with Gasteiger partial charge in [0.05, 0.1) is 11.8 Å². The zero-order valence-electron chi connectivity index (χ0n) is 11.4. The highest BCUT2D eigenvalue weighted by molar-refractivity contribution is 7.99. The summed E-state index contributed by atoms with van der Waals surface area (Å²) in [4.78, 5) is 12.0. The van der Waals surface area contributed by atoms with Gasteiger partial charge in [-0.2, -0.15) is 0 Å². The molecule has 0 aliphatic rings. The van der Waals surface area contributed by atoms with Crippen molar-refractivity contribution < 1.29 is 9.90 Å². The molecule has 0 saturated heterocycles. The van der Waals surface area contributed by atoms with Gasteiger partial charge >= 0.3 is 5.97 Å². The number of carboxylic acid groups (broad SMARTS) is 1. The third-order valence-electron chi connectivity index (χ3n) is 2.95. The van der Waals surface area contributed by atoms with Crippen molar-refractivity contribution in [3.8, 4) is 0 Å². The van der Waals surface area contributed by atoms with E-state index in [9.17, 15) is 4.79 Å². The fourth-order valence-electron chi connectivity index (χ4n) is 2.08. The van der Waals surface area contributed by atoms with E-state index in [0.717, 1.165) is 18.7 Å². The summed E-state index contributed by atoms with van der Waals surface area (Å²) in [7, 11) is 0. The highest BCUT2D eigenvalue weighted by atomic mass is 32.2. The van der Waals surface area contributed by atoms with Crippen LogP contribution in [0, 0.1) is 0 Å². The van der Waals surface area contributed by atoms with Crippen molar-refractivity contribution >= 4 is 29.1 Å². The smallest absolute Gasteiger partial charge is 0.313 e. The zero-order chi connectivity index (χ0) is 14.5. The van der Waals surface area contributed by atoms with E-state index < -0.39 is 5.97 Å². The van der Waals surface area contributed by atoms with Crippen LogP contribution in [0.4, 0.5) is 0 Å². The Bertz CT molecular complexity index is 566. The quantitative estimate of drug-likeness (QED) is 0.796. The van der Waals surface area contributed by atoms with Crippen LogP contribution in [0.3, 0.4) is 0 Å². The molecule has 0 bridgehead atoms. The molecule has 2 aromatic heterocycles. The highest BCUT2D eigenvalue weighted by Gasteiger charge is 2.21. The van der Waals surface area contributed by atoms with Crippen molar-refractivity contribution in [1.29, 1.82) is 0 Å². The number of carbonyl (C=O) groups is 1. The molecule has 20 heavy (non-hydrogen) atoms. The number of hydrogen-bond donors (Lipinski definition) is 1. The first kappa shape index (κ1) is 15.1. The van der Waals surface area contributed by atoms with Gasteiger partial charge in [-0.3, -0.25) is 9.36 Å². The summed E-state index contributed by atoms with van der Waals surface area (Å²) in [6.07, 6.45) is 1.70. The molecule has 0 saturated carbocycles. The third kappa shape index (κ3) is 3.21. The number of aryl methyl sites for hydroxylation is 1. The molecular formula is C13H17N3O2S2. The van der Waals surface area contributed by atoms with Gasteiger partial charge in [0.2, 0.25) is 0 Å². The normalized spacial score (nSPS) is 12.5. The summed E-state index contributed by atoms with van der Waals surface area (Å²) >= 11 is 2.93. The molecule has 0 aliphatic heterocycles.